The Labute approximate surface area is 175 Å². The molecule has 0 unspecified atom stereocenters. The van der Waals surface area contributed by atoms with Gasteiger partial charge in [0.1, 0.15) is 5.75 Å². The molecule has 0 fully saturated rings. The molecule has 2 aliphatic carbocycles. The van der Waals surface area contributed by atoms with Crippen molar-refractivity contribution in [1.82, 2.24) is 5.32 Å². The Kier molecular flexibility index (Phi) is 5.30. The Morgan fingerprint density at radius 1 is 0.963 bits per heavy atom. The lowest BCUT2D eigenvalue weighted by molar-refractivity contribution is -0.116. The number of Topliss-reactive ketones (excluding diaryl/α,β-unsaturated/α-hetero) is 2. The summed E-state index contributed by atoms with van der Waals surface area (Å²) in [5, 5.41) is 3.45. The first-order chi connectivity index (χ1) is 13.0. The first-order valence-corrected chi connectivity index (χ1v) is 11.0. The minimum absolute atomic E-state index is 0.153. The minimum atomic E-state index is -0.292. The summed E-state index contributed by atoms with van der Waals surface area (Å²) < 4.78 is 7.35. The SMILES string of the molecule is CCOc1c(Br)cc(C2C3=C(CCCC3=O)NC3=C2C(=O)CCC3)cc1Br. The van der Waals surface area contributed by atoms with Crippen molar-refractivity contribution < 1.29 is 14.3 Å². The highest BCUT2D eigenvalue weighted by Gasteiger charge is 2.40. The number of hydrogen-bond acceptors (Lipinski definition) is 4. The van der Waals surface area contributed by atoms with E-state index in [4.69, 9.17) is 4.74 Å². The molecule has 0 atom stereocenters. The topological polar surface area (TPSA) is 55.4 Å². The van der Waals surface area contributed by atoms with E-state index >= 15 is 0 Å². The molecule has 142 valence electrons. The van der Waals surface area contributed by atoms with Crippen molar-refractivity contribution in [3.63, 3.8) is 0 Å². The van der Waals surface area contributed by atoms with Crippen LogP contribution in [0.2, 0.25) is 0 Å². The van der Waals surface area contributed by atoms with Gasteiger partial charge in [0, 0.05) is 41.3 Å². The third-order valence-electron chi connectivity index (χ3n) is 5.43. The molecular weight excluding hydrogens is 474 g/mol. The number of carbonyl (C=O) groups is 2. The third-order valence-corrected chi connectivity index (χ3v) is 6.61. The second-order valence-electron chi connectivity index (χ2n) is 7.14. The van der Waals surface area contributed by atoms with Crippen LogP contribution in [0.4, 0.5) is 0 Å². The third kappa shape index (κ3) is 3.31. The Morgan fingerprint density at radius 3 is 1.96 bits per heavy atom. The highest BCUT2D eigenvalue weighted by atomic mass is 79.9. The second-order valence-corrected chi connectivity index (χ2v) is 8.85. The maximum atomic E-state index is 12.9. The Bertz CT molecular complexity index is 836. The van der Waals surface area contributed by atoms with Crippen LogP contribution in [-0.2, 0) is 9.59 Å². The molecule has 1 aliphatic heterocycles. The molecule has 3 aliphatic rings. The molecule has 1 aromatic carbocycles. The fourth-order valence-electron chi connectivity index (χ4n) is 4.35. The Balaban J connectivity index is 1.90. The van der Waals surface area contributed by atoms with Crippen molar-refractivity contribution in [2.45, 2.75) is 51.4 Å². The van der Waals surface area contributed by atoms with Gasteiger partial charge < -0.3 is 10.1 Å². The summed E-state index contributed by atoms with van der Waals surface area (Å²) in [6.45, 7) is 2.50. The van der Waals surface area contributed by atoms with Crippen LogP contribution in [0.15, 0.2) is 43.6 Å². The first-order valence-electron chi connectivity index (χ1n) is 9.42. The minimum Gasteiger partial charge on any atom is -0.492 e. The molecule has 1 heterocycles. The van der Waals surface area contributed by atoms with Crippen LogP contribution in [0.5, 0.6) is 5.75 Å². The smallest absolute Gasteiger partial charge is 0.161 e. The van der Waals surface area contributed by atoms with Crippen LogP contribution < -0.4 is 10.1 Å². The van der Waals surface area contributed by atoms with E-state index < -0.39 is 0 Å². The molecule has 4 nitrogen and oxygen atoms in total. The molecule has 1 aromatic rings. The van der Waals surface area contributed by atoms with E-state index in [-0.39, 0.29) is 17.5 Å². The van der Waals surface area contributed by atoms with E-state index in [9.17, 15) is 9.59 Å². The van der Waals surface area contributed by atoms with Crippen LogP contribution in [0.1, 0.15) is 56.9 Å². The number of dihydropyridines is 1. The zero-order chi connectivity index (χ0) is 19.1. The molecule has 0 bridgehead atoms. The lowest BCUT2D eigenvalue weighted by atomic mass is 9.71. The maximum Gasteiger partial charge on any atom is 0.161 e. The van der Waals surface area contributed by atoms with Crippen molar-refractivity contribution in [2.75, 3.05) is 6.61 Å². The molecule has 0 radical (unpaired) electrons. The molecule has 0 amide bonds. The van der Waals surface area contributed by atoms with Gasteiger partial charge in [-0.25, -0.2) is 0 Å². The number of ether oxygens (including phenoxy) is 1. The maximum absolute atomic E-state index is 12.9. The average Bonchev–Trinajstić information content (AvgIpc) is 2.63. The molecular formula is C21H21Br2NO3. The molecule has 4 rings (SSSR count). The van der Waals surface area contributed by atoms with Crippen LogP contribution >= 0.6 is 31.9 Å². The molecule has 0 spiro atoms. The van der Waals surface area contributed by atoms with E-state index in [1.807, 2.05) is 19.1 Å². The number of nitrogens with one attached hydrogen (secondary N) is 1. The summed E-state index contributed by atoms with van der Waals surface area (Å²) in [4.78, 5) is 25.7. The van der Waals surface area contributed by atoms with Gasteiger partial charge in [-0.1, -0.05) is 0 Å². The Morgan fingerprint density at radius 2 is 1.48 bits per heavy atom. The molecule has 27 heavy (non-hydrogen) atoms. The Hall–Kier alpha value is -1.40. The highest BCUT2D eigenvalue weighted by Crippen LogP contribution is 2.47. The van der Waals surface area contributed by atoms with Crippen molar-refractivity contribution >= 4 is 43.4 Å². The van der Waals surface area contributed by atoms with E-state index in [0.29, 0.717) is 19.4 Å². The van der Waals surface area contributed by atoms with Crippen molar-refractivity contribution in [2.24, 2.45) is 0 Å². The van der Waals surface area contributed by atoms with Gasteiger partial charge in [-0.15, -0.1) is 0 Å². The van der Waals surface area contributed by atoms with Crippen molar-refractivity contribution in [3.05, 3.63) is 49.2 Å². The monoisotopic (exact) mass is 493 g/mol. The van der Waals surface area contributed by atoms with Gasteiger partial charge in [-0.3, -0.25) is 9.59 Å². The van der Waals surface area contributed by atoms with Gasteiger partial charge in [0.05, 0.1) is 15.6 Å². The predicted octanol–water partition coefficient (Wildman–Crippen LogP) is 5.31. The summed E-state index contributed by atoms with van der Waals surface area (Å²) in [6.07, 6.45) is 4.55. The van der Waals surface area contributed by atoms with Gasteiger partial charge in [0.25, 0.3) is 0 Å². The fourth-order valence-corrected chi connectivity index (χ4v) is 5.80. The molecule has 0 aromatic heterocycles. The lowest BCUT2D eigenvalue weighted by Gasteiger charge is -2.37. The number of hydrogen-bond donors (Lipinski definition) is 1. The summed E-state index contributed by atoms with van der Waals surface area (Å²) >= 11 is 7.20. The second kappa shape index (κ2) is 7.55. The number of carbonyl (C=O) groups excluding carboxylic acids is 2. The predicted molar refractivity (Wildman–Crippen MR) is 111 cm³/mol. The molecule has 6 heteroatoms. The normalized spacial score (nSPS) is 20.4. The van der Waals surface area contributed by atoms with Crippen molar-refractivity contribution in [3.8, 4) is 5.75 Å². The standard InChI is InChI=1S/C21H21Br2NO3/c1-2-27-21-12(22)9-11(10-13(21)23)18-19-14(5-3-7-16(19)25)24-15-6-4-8-17(26)20(15)18/h9-10,18,24H,2-8H2,1H3. The number of allylic oxidation sites excluding steroid dienone is 4. The van der Waals surface area contributed by atoms with Gasteiger partial charge in [-0.05, 0) is 82.2 Å². The summed E-state index contributed by atoms with van der Waals surface area (Å²) in [7, 11) is 0. The molecule has 0 saturated carbocycles. The van der Waals surface area contributed by atoms with Crippen LogP contribution in [0.25, 0.3) is 0 Å². The van der Waals surface area contributed by atoms with Crippen LogP contribution in [0.3, 0.4) is 0 Å². The zero-order valence-electron chi connectivity index (χ0n) is 15.2. The fraction of sp³-hybridized carbons (Fsp3) is 0.429. The van der Waals surface area contributed by atoms with E-state index in [1.165, 1.54) is 0 Å². The lowest BCUT2D eigenvalue weighted by Crippen LogP contribution is -2.36. The number of benzene rings is 1. The average molecular weight is 495 g/mol. The molecule has 0 saturated heterocycles. The van der Waals surface area contributed by atoms with Gasteiger partial charge in [-0.2, -0.15) is 0 Å². The van der Waals surface area contributed by atoms with Crippen LogP contribution in [0, 0.1) is 0 Å². The van der Waals surface area contributed by atoms with E-state index in [2.05, 4.69) is 37.2 Å². The van der Waals surface area contributed by atoms with Gasteiger partial charge >= 0.3 is 0 Å². The quantitative estimate of drug-likeness (QED) is 0.618. The number of ketones is 2. The number of rotatable bonds is 3. The summed E-state index contributed by atoms with van der Waals surface area (Å²) in [5.41, 5.74) is 4.51. The van der Waals surface area contributed by atoms with Gasteiger partial charge in [0.15, 0.2) is 11.6 Å². The van der Waals surface area contributed by atoms with Crippen LogP contribution in [-0.4, -0.2) is 18.2 Å². The summed E-state index contributed by atoms with van der Waals surface area (Å²) in [6, 6.07) is 3.98. The van der Waals surface area contributed by atoms with Crippen molar-refractivity contribution in [1.29, 1.82) is 0 Å². The summed E-state index contributed by atoms with van der Waals surface area (Å²) in [5.74, 6) is 0.753. The highest BCUT2D eigenvalue weighted by molar-refractivity contribution is 9.11. The van der Waals surface area contributed by atoms with E-state index in [1.54, 1.807) is 0 Å². The van der Waals surface area contributed by atoms with Gasteiger partial charge in [0.2, 0.25) is 0 Å². The first kappa shape index (κ1) is 18.9. The zero-order valence-corrected chi connectivity index (χ0v) is 18.3. The number of halogens is 2. The molecule has 1 N–H and O–H groups in total. The largest absolute Gasteiger partial charge is 0.492 e. The van der Waals surface area contributed by atoms with E-state index in [0.717, 1.165) is 68.5 Å².